The predicted molar refractivity (Wildman–Crippen MR) is 64.4 cm³/mol. The number of carbonyl (C=O) groups is 1. The molecule has 0 aromatic carbocycles. The molecule has 0 unspecified atom stereocenters. The minimum atomic E-state index is -0.224. The van der Waals surface area contributed by atoms with Gasteiger partial charge >= 0.3 is 0 Å². The van der Waals surface area contributed by atoms with Crippen molar-refractivity contribution in [2.45, 2.75) is 65.3 Å². The number of nitrogens with zero attached hydrogens (tertiary/aromatic N) is 1. The van der Waals surface area contributed by atoms with Crippen LogP contribution in [0.5, 0.6) is 0 Å². The summed E-state index contributed by atoms with van der Waals surface area (Å²) >= 11 is 0. The fraction of sp³-hybridized carbons (Fsp3) is 0.846. The highest BCUT2D eigenvalue weighted by molar-refractivity contribution is 5.94. The van der Waals surface area contributed by atoms with Gasteiger partial charge in [0.1, 0.15) is 5.78 Å². The number of aliphatic imine (C=N–C) groups is 1. The minimum Gasteiger partial charge on any atom is -0.299 e. The van der Waals surface area contributed by atoms with Crippen LogP contribution in [0.1, 0.15) is 59.3 Å². The number of hydrogen-bond acceptors (Lipinski definition) is 2. The number of rotatable bonds is 3. The van der Waals surface area contributed by atoms with Crippen molar-refractivity contribution in [2.24, 2.45) is 10.4 Å². The third-order valence-corrected chi connectivity index (χ3v) is 3.00. The van der Waals surface area contributed by atoms with Crippen molar-refractivity contribution in [3.8, 4) is 0 Å². The van der Waals surface area contributed by atoms with E-state index in [1.165, 1.54) is 32.1 Å². The van der Waals surface area contributed by atoms with Gasteiger partial charge in [-0.15, -0.1) is 0 Å². The van der Waals surface area contributed by atoms with Crippen LogP contribution in [0.15, 0.2) is 4.99 Å². The lowest BCUT2D eigenvalue weighted by Gasteiger charge is -2.18. The molecule has 1 saturated carbocycles. The summed E-state index contributed by atoms with van der Waals surface area (Å²) in [6, 6.07) is 0.492. The van der Waals surface area contributed by atoms with Gasteiger partial charge in [-0.05, 0) is 12.8 Å². The van der Waals surface area contributed by atoms with Crippen LogP contribution in [0.2, 0.25) is 0 Å². The van der Waals surface area contributed by atoms with Gasteiger partial charge in [-0.1, -0.05) is 40.0 Å². The fourth-order valence-corrected chi connectivity index (χ4v) is 1.82. The molecule has 1 aliphatic rings. The predicted octanol–water partition coefficient (Wildman–Crippen LogP) is 3.40. The van der Waals surface area contributed by atoms with Crippen LogP contribution < -0.4 is 0 Å². The van der Waals surface area contributed by atoms with Gasteiger partial charge in [-0.25, -0.2) is 0 Å². The van der Waals surface area contributed by atoms with Crippen molar-refractivity contribution >= 4 is 12.0 Å². The van der Waals surface area contributed by atoms with Crippen molar-refractivity contribution in [2.75, 3.05) is 0 Å². The van der Waals surface area contributed by atoms with E-state index in [0.29, 0.717) is 12.5 Å². The second kappa shape index (κ2) is 5.43. The van der Waals surface area contributed by atoms with E-state index in [1.807, 2.05) is 27.0 Å². The Kier molecular flexibility index (Phi) is 4.49. The van der Waals surface area contributed by atoms with Gasteiger partial charge in [0.15, 0.2) is 0 Å². The van der Waals surface area contributed by atoms with Crippen LogP contribution in [0.25, 0.3) is 0 Å². The molecule has 0 amide bonds. The van der Waals surface area contributed by atoms with Crippen molar-refractivity contribution in [1.29, 1.82) is 0 Å². The summed E-state index contributed by atoms with van der Waals surface area (Å²) < 4.78 is 0. The molecule has 0 bridgehead atoms. The smallest absolute Gasteiger partial charge is 0.143 e. The average molecular weight is 209 g/mol. The van der Waals surface area contributed by atoms with E-state index >= 15 is 0 Å². The first-order valence-corrected chi connectivity index (χ1v) is 6.05. The van der Waals surface area contributed by atoms with Crippen LogP contribution in [-0.2, 0) is 4.79 Å². The Bertz CT molecular complexity index is 231. The minimum absolute atomic E-state index is 0.224. The molecule has 0 radical (unpaired) electrons. The zero-order valence-electron chi connectivity index (χ0n) is 10.3. The first-order chi connectivity index (χ1) is 7.00. The van der Waals surface area contributed by atoms with E-state index in [-0.39, 0.29) is 11.2 Å². The Hall–Kier alpha value is -0.660. The maximum absolute atomic E-state index is 11.6. The molecule has 0 aromatic heterocycles. The molecule has 86 valence electrons. The number of ketones is 1. The maximum Gasteiger partial charge on any atom is 0.143 e. The van der Waals surface area contributed by atoms with E-state index in [9.17, 15) is 4.79 Å². The molecule has 1 rings (SSSR count). The van der Waals surface area contributed by atoms with Crippen LogP contribution in [0.4, 0.5) is 0 Å². The van der Waals surface area contributed by atoms with E-state index in [1.54, 1.807) is 0 Å². The summed E-state index contributed by atoms with van der Waals surface area (Å²) in [5, 5.41) is 0. The molecule has 0 N–H and O–H groups in total. The molecule has 0 spiro atoms. The van der Waals surface area contributed by atoms with Gasteiger partial charge in [0, 0.05) is 24.1 Å². The highest BCUT2D eigenvalue weighted by atomic mass is 16.1. The molecule has 0 saturated heterocycles. The lowest BCUT2D eigenvalue weighted by Crippen LogP contribution is -2.20. The highest BCUT2D eigenvalue weighted by Gasteiger charge is 2.19. The molecule has 1 fully saturated rings. The zero-order valence-corrected chi connectivity index (χ0v) is 10.3. The van der Waals surface area contributed by atoms with Gasteiger partial charge in [0.2, 0.25) is 0 Å². The number of carbonyl (C=O) groups excluding carboxylic acids is 1. The summed E-state index contributed by atoms with van der Waals surface area (Å²) in [5.74, 6) is 0.280. The first-order valence-electron chi connectivity index (χ1n) is 6.05. The standard InChI is InChI=1S/C13H23NO/c1-13(2,3)12(15)9-10-14-11-7-5-4-6-8-11/h10-11H,4-9H2,1-3H3. The lowest BCUT2D eigenvalue weighted by molar-refractivity contribution is -0.124. The highest BCUT2D eigenvalue weighted by Crippen LogP contribution is 2.20. The van der Waals surface area contributed by atoms with Gasteiger partial charge in [-0.2, -0.15) is 0 Å². The molecule has 2 nitrogen and oxygen atoms in total. The number of Topliss-reactive ketones (excluding diaryl/α,β-unsaturated/α-hetero) is 1. The van der Waals surface area contributed by atoms with Crippen LogP contribution in [-0.4, -0.2) is 18.0 Å². The summed E-state index contributed by atoms with van der Waals surface area (Å²) in [6.45, 7) is 5.89. The zero-order chi connectivity index (χ0) is 11.3. The molecular weight excluding hydrogens is 186 g/mol. The second-order valence-corrected chi connectivity index (χ2v) is 5.50. The first kappa shape index (κ1) is 12.4. The Morgan fingerprint density at radius 1 is 1.27 bits per heavy atom. The van der Waals surface area contributed by atoms with Crippen molar-refractivity contribution in [3.05, 3.63) is 0 Å². The third kappa shape index (κ3) is 4.59. The lowest BCUT2D eigenvalue weighted by atomic mass is 9.89. The van der Waals surface area contributed by atoms with Gasteiger partial charge in [0.25, 0.3) is 0 Å². The molecule has 0 aromatic rings. The Morgan fingerprint density at radius 3 is 2.40 bits per heavy atom. The summed E-state index contributed by atoms with van der Waals surface area (Å²) in [5.41, 5.74) is -0.224. The Labute approximate surface area is 93.2 Å². The molecule has 0 aliphatic heterocycles. The van der Waals surface area contributed by atoms with Crippen molar-refractivity contribution in [3.63, 3.8) is 0 Å². The molecule has 1 aliphatic carbocycles. The van der Waals surface area contributed by atoms with Crippen molar-refractivity contribution in [1.82, 2.24) is 0 Å². The third-order valence-electron chi connectivity index (χ3n) is 3.00. The van der Waals surface area contributed by atoms with Gasteiger partial charge in [0.05, 0.1) is 0 Å². The Morgan fingerprint density at radius 2 is 1.87 bits per heavy atom. The fourth-order valence-electron chi connectivity index (χ4n) is 1.82. The summed E-state index contributed by atoms with van der Waals surface area (Å²) in [6.07, 6.45) is 8.71. The average Bonchev–Trinajstić information content (AvgIpc) is 2.18. The molecule has 2 heteroatoms. The Balaban J connectivity index is 2.29. The quantitative estimate of drug-likeness (QED) is 0.655. The van der Waals surface area contributed by atoms with Crippen molar-refractivity contribution < 1.29 is 4.79 Å². The van der Waals surface area contributed by atoms with Crippen LogP contribution in [0, 0.1) is 5.41 Å². The van der Waals surface area contributed by atoms with Gasteiger partial charge < -0.3 is 0 Å². The van der Waals surface area contributed by atoms with E-state index in [0.717, 1.165) is 0 Å². The molecule has 15 heavy (non-hydrogen) atoms. The van der Waals surface area contributed by atoms with E-state index in [4.69, 9.17) is 0 Å². The van der Waals surface area contributed by atoms with Crippen LogP contribution >= 0.6 is 0 Å². The van der Waals surface area contributed by atoms with E-state index in [2.05, 4.69) is 4.99 Å². The SMILES string of the molecule is CC(C)(C)C(=O)CC=NC1CCCCC1. The molecule has 0 heterocycles. The summed E-state index contributed by atoms with van der Waals surface area (Å²) in [7, 11) is 0. The monoisotopic (exact) mass is 209 g/mol. The van der Waals surface area contributed by atoms with E-state index < -0.39 is 0 Å². The maximum atomic E-state index is 11.6. The normalized spacial score (nSPS) is 19.7. The van der Waals surface area contributed by atoms with Gasteiger partial charge in [-0.3, -0.25) is 9.79 Å². The van der Waals surface area contributed by atoms with Crippen LogP contribution in [0.3, 0.4) is 0 Å². The number of hydrogen-bond donors (Lipinski definition) is 0. The molecule has 0 atom stereocenters. The largest absolute Gasteiger partial charge is 0.299 e. The summed E-state index contributed by atoms with van der Waals surface area (Å²) in [4.78, 5) is 16.1. The molecular formula is C13H23NO. The second-order valence-electron chi connectivity index (χ2n) is 5.50. The topological polar surface area (TPSA) is 29.4 Å².